The monoisotopic (exact) mass is 283 g/mol. The van der Waals surface area contributed by atoms with E-state index >= 15 is 0 Å². The number of carbonyl (C=O) groups is 1. The first-order chi connectivity index (χ1) is 9.01. The zero-order chi connectivity index (χ0) is 14.0. The summed E-state index contributed by atoms with van der Waals surface area (Å²) in [5, 5.41) is 13.6. The summed E-state index contributed by atoms with van der Waals surface area (Å²) >= 11 is 1.34. The van der Waals surface area contributed by atoms with E-state index in [4.69, 9.17) is 9.84 Å². The fourth-order valence-electron chi connectivity index (χ4n) is 1.39. The first-order valence-electron chi connectivity index (χ1n) is 5.74. The molecule has 2 heterocycles. The molecule has 2 aromatic heterocycles. The Morgan fingerprint density at radius 2 is 2.37 bits per heavy atom. The van der Waals surface area contributed by atoms with Crippen molar-refractivity contribution in [3.63, 3.8) is 0 Å². The van der Waals surface area contributed by atoms with Crippen LogP contribution in [0.25, 0.3) is 4.96 Å². The first-order valence-corrected chi connectivity index (χ1v) is 6.56. The van der Waals surface area contributed by atoms with Crippen LogP contribution in [-0.2, 0) is 22.6 Å². The molecule has 1 N–H and O–H groups in total. The van der Waals surface area contributed by atoms with Crippen molar-refractivity contribution in [2.24, 2.45) is 0 Å². The van der Waals surface area contributed by atoms with Gasteiger partial charge in [0.25, 0.3) is 5.56 Å². The average molecular weight is 283 g/mol. The molecule has 0 aliphatic rings. The summed E-state index contributed by atoms with van der Waals surface area (Å²) in [7, 11) is 0. The van der Waals surface area contributed by atoms with E-state index in [1.54, 1.807) is 0 Å². The van der Waals surface area contributed by atoms with Crippen molar-refractivity contribution in [1.29, 1.82) is 0 Å². The van der Waals surface area contributed by atoms with Crippen LogP contribution in [0.2, 0.25) is 0 Å². The lowest BCUT2D eigenvalue weighted by atomic mass is 10.4. The third-order valence-corrected chi connectivity index (χ3v) is 3.52. The molecule has 2 aromatic rings. The van der Waals surface area contributed by atoms with Crippen LogP contribution < -0.4 is 5.56 Å². The SMILES string of the molecule is CCc1nn2c(=O)cc(CO[C@H](C)C(=O)O)nc2s1. The van der Waals surface area contributed by atoms with E-state index in [1.165, 1.54) is 28.8 Å². The van der Waals surface area contributed by atoms with Crippen molar-refractivity contribution in [2.45, 2.75) is 33.0 Å². The third-order valence-electron chi connectivity index (χ3n) is 2.47. The van der Waals surface area contributed by atoms with Gasteiger partial charge in [-0.1, -0.05) is 18.3 Å². The maximum atomic E-state index is 11.8. The highest BCUT2D eigenvalue weighted by Crippen LogP contribution is 2.12. The lowest BCUT2D eigenvalue weighted by Crippen LogP contribution is -2.21. The van der Waals surface area contributed by atoms with Crippen LogP contribution in [0.1, 0.15) is 24.5 Å². The number of carboxylic acids is 1. The van der Waals surface area contributed by atoms with Gasteiger partial charge in [-0.15, -0.1) is 0 Å². The number of fused-ring (bicyclic) bond motifs is 1. The van der Waals surface area contributed by atoms with Crippen LogP contribution in [-0.4, -0.2) is 31.8 Å². The second kappa shape index (κ2) is 5.45. The second-order valence-electron chi connectivity index (χ2n) is 3.92. The average Bonchev–Trinajstić information content (AvgIpc) is 2.79. The molecule has 0 amide bonds. The maximum absolute atomic E-state index is 11.8. The maximum Gasteiger partial charge on any atom is 0.332 e. The largest absolute Gasteiger partial charge is 0.479 e. The number of aromatic nitrogens is 3. The molecule has 2 rings (SSSR count). The summed E-state index contributed by atoms with van der Waals surface area (Å²) < 4.78 is 6.34. The molecule has 0 unspecified atom stereocenters. The van der Waals surface area contributed by atoms with E-state index in [2.05, 4.69) is 10.1 Å². The smallest absolute Gasteiger partial charge is 0.332 e. The van der Waals surface area contributed by atoms with Crippen molar-refractivity contribution in [1.82, 2.24) is 14.6 Å². The predicted octanol–water partition coefficient (Wildman–Crippen LogP) is 0.703. The summed E-state index contributed by atoms with van der Waals surface area (Å²) in [6, 6.07) is 1.31. The summed E-state index contributed by atoms with van der Waals surface area (Å²) in [5.41, 5.74) is 0.118. The molecular weight excluding hydrogens is 270 g/mol. The number of aliphatic carboxylic acids is 1. The van der Waals surface area contributed by atoms with Crippen LogP contribution in [0, 0.1) is 0 Å². The molecule has 0 spiro atoms. The number of hydrogen-bond acceptors (Lipinski definition) is 6. The van der Waals surface area contributed by atoms with Gasteiger partial charge in [-0.25, -0.2) is 9.78 Å². The molecule has 0 aliphatic heterocycles. The van der Waals surface area contributed by atoms with Gasteiger partial charge in [0.15, 0.2) is 6.10 Å². The van der Waals surface area contributed by atoms with Gasteiger partial charge in [-0.3, -0.25) is 4.79 Å². The Morgan fingerprint density at radius 1 is 1.63 bits per heavy atom. The fraction of sp³-hybridized carbons (Fsp3) is 0.455. The minimum Gasteiger partial charge on any atom is -0.479 e. The zero-order valence-electron chi connectivity index (χ0n) is 10.5. The van der Waals surface area contributed by atoms with Gasteiger partial charge in [0.2, 0.25) is 4.96 Å². The normalized spacial score (nSPS) is 12.7. The number of aryl methyl sites for hydroxylation is 1. The van der Waals surface area contributed by atoms with Crippen LogP contribution in [0.3, 0.4) is 0 Å². The zero-order valence-corrected chi connectivity index (χ0v) is 11.3. The van der Waals surface area contributed by atoms with Gasteiger partial charge in [-0.2, -0.15) is 9.61 Å². The number of rotatable bonds is 5. The lowest BCUT2D eigenvalue weighted by molar-refractivity contribution is -0.149. The van der Waals surface area contributed by atoms with Gasteiger partial charge in [0.1, 0.15) is 5.01 Å². The highest BCUT2D eigenvalue weighted by atomic mass is 32.1. The van der Waals surface area contributed by atoms with Crippen molar-refractivity contribution in [2.75, 3.05) is 0 Å². The van der Waals surface area contributed by atoms with Gasteiger partial charge in [0.05, 0.1) is 12.3 Å². The van der Waals surface area contributed by atoms with E-state index in [9.17, 15) is 9.59 Å². The Balaban J connectivity index is 2.25. The molecular formula is C11H13N3O4S. The third kappa shape index (κ3) is 2.96. The number of carboxylic acid groups (broad SMARTS) is 1. The van der Waals surface area contributed by atoms with Gasteiger partial charge in [0, 0.05) is 6.07 Å². The van der Waals surface area contributed by atoms with E-state index < -0.39 is 12.1 Å². The van der Waals surface area contributed by atoms with Crippen molar-refractivity contribution in [3.8, 4) is 0 Å². The minimum atomic E-state index is -1.05. The van der Waals surface area contributed by atoms with Gasteiger partial charge >= 0.3 is 5.97 Å². The number of hydrogen-bond donors (Lipinski definition) is 1. The quantitative estimate of drug-likeness (QED) is 0.868. The summed E-state index contributed by atoms with van der Waals surface area (Å²) in [5.74, 6) is -1.05. The molecule has 7 nitrogen and oxygen atoms in total. The van der Waals surface area contributed by atoms with Crippen LogP contribution in [0.5, 0.6) is 0 Å². The highest BCUT2D eigenvalue weighted by molar-refractivity contribution is 7.16. The molecule has 0 aliphatic carbocycles. The standard InChI is InChI=1S/C11H13N3O4S/c1-3-8-13-14-9(15)4-7(12-11(14)19-8)5-18-6(2)10(16)17/h4,6H,3,5H2,1-2H3,(H,16,17)/t6-/m1/s1. The van der Waals surface area contributed by atoms with E-state index in [1.807, 2.05) is 6.92 Å². The summed E-state index contributed by atoms with van der Waals surface area (Å²) in [6.45, 7) is 3.36. The Morgan fingerprint density at radius 3 is 3.00 bits per heavy atom. The van der Waals surface area contributed by atoms with Crippen molar-refractivity contribution < 1.29 is 14.6 Å². The second-order valence-corrected chi connectivity index (χ2v) is 4.96. The first kappa shape index (κ1) is 13.6. The highest BCUT2D eigenvalue weighted by Gasteiger charge is 2.13. The Labute approximate surface area is 112 Å². The van der Waals surface area contributed by atoms with Crippen LogP contribution in [0.15, 0.2) is 10.9 Å². The Kier molecular flexibility index (Phi) is 3.91. The summed E-state index contributed by atoms with van der Waals surface area (Å²) in [6.07, 6.45) is -0.206. The Bertz CT molecular complexity index is 663. The number of ether oxygens (including phenoxy) is 1. The number of nitrogens with zero attached hydrogens (tertiary/aromatic N) is 3. The van der Waals surface area contributed by atoms with Gasteiger partial charge in [-0.05, 0) is 13.3 Å². The van der Waals surface area contributed by atoms with Crippen LogP contribution >= 0.6 is 11.3 Å². The van der Waals surface area contributed by atoms with E-state index in [0.29, 0.717) is 10.7 Å². The Hall–Kier alpha value is -1.80. The fourth-order valence-corrected chi connectivity index (χ4v) is 2.25. The van der Waals surface area contributed by atoms with Crippen molar-refractivity contribution in [3.05, 3.63) is 27.1 Å². The molecule has 1 atom stereocenters. The van der Waals surface area contributed by atoms with Crippen molar-refractivity contribution >= 4 is 22.3 Å². The lowest BCUT2D eigenvalue weighted by Gasteiger charge is -2.07. The summed E-state index contributed by atoms with van der Waals surface area (Å²) in [4.78, 5) is 27.2. The predicted molar refractivity (Wildman–Crippen MR) is 68.4 cm³/mol. The minimum absolute atomic E-state index is 0.0153. The molecule has 8 heteroatoms. The molecule has 102 valence electrons. The van der Waals surface area contributed by atoms with Gasteiger partial charge < -0.3 is 9.84 Å². The van der Waals surface area contributed by atoms with Crippen LogP contribution in [0.4, 0.5) is 0 Å². The molecule has 0 bridgehead atoms. The molecule has 19 heavy (non-hydrogen) atoms. The van der Waals surface area contributed by atoms with E-state index in [-0.39, 0.29) is 12.2 Å². The topological polar surface area (TPSA) is 93.8 Å². The molecule has 0 saturated carbocycles. The molecule has 0 saturated heterocycles. The van der Waals surface area contributed by atoms with E-state index in [0.717, 1.165) is 11.4 Å². The molecule has 0 aromatic carbocycles. The molecule has 0 fully saturated rings. The molecule has 0 radical (unpaired) electrons.